The number of aryl methyl sites for hydroxylation is 2. The summed E-state index contributed by atoms with van der Waals surface area (Å²) in [6.45, 7) is 8.45. The monoisotopic (exact) mass is 367 g/mol. The summed E-state index contributed by atoms with van der Waals surface area (Å²) in [5.74, 6) is 0.0764. The molecule has 1 aromatic carbocycles. The van der Waals surface area contributed by atoms with E-state index in [0.717, 1.165) is 10.9 Å². The molecule has 140 valence electrons. The zero-order valence-electron chi connectivity index (χ0n) is 15.9. The van der Waals surface area contributed by atoms with Crippen LogP contribution in [-0.2, 0) is 0 Å². The minimum atomic E-state index is -0.782. The second-order valence-corrected chi connectivity index (χ2v) is 6.71. The third-order valence-corrected chi connectivity index (χ3v) is 4.64. The number of aromatic amines is 1. The van der Waals surface area contributed by atoms with E-state index in [9.17, 15) is 14.4 Å². The van der Waals surface area contributed by atoms with Gasteiger partial charge in [-0.1, -0.05) is 0 Å². The number of aromatic nitrogens is 1. The van der Waals surface area contributed by atoms with Crippen molar-refractivity contribution in [1.82, 2.24) is 4.98 Å². The molecule has 27 heavy (non-hydrogen) atoms. The Hall–Kier alpha value is -3.15. The summed E-state index contributed by atoms with van der Waals surface area (Å²) in [5.41, 5.74) is 2.98. The molecule has 0 bridgehead atoms. The van der Waals surface area contributed by atoms with Crippen molar-refractivity contribution in [3.63, 3.8) is 0 Å². The molecule has 1 atom stereocenters. The van der Waals surface area contributed by atoms with Crippen LogP contribution in [0.4, 0.5) is 0 Å². The molecule has 3 aromatic rings. The van der Waals surface area contributed by atoms with Crippen molar-refractivity contribution in [2.45, 2.75) is 40.7 Å². The van der Waals surface area contributed by atoms with E-state index in [2.05, 4.69) is 4.98 Å². The first-order valence-electron chi connectivity index (χ1n) is 8.64. The van der Waals surface area contributed by atoms with E-state index < -0.39 is 11.7 Å². The average molecular weight is 367 g/mol. The standard InChI is InChI=1S/C21H21NO5/c1-10-8-18(24)27-17-9-15(6-7-16(10)17)26-14(5)21(25)20-11(2)19(13(4)23)12(3)22-20/h6-9,14,22H,1-5H3. The predicted molar refractivity (Wildman–Crippen MR) is 102 cm³/mol. The number of benzene rings is 1. The fourth-order valence-electron chi connectivity index (χ4n) is 3.36. The highest BCUT2D eigenvalue weighted by molar-refractivity contribution is 6.04. The van der Waals surface area contributed by atoms with Gasteiger partial charge >= 0.3 is 5.63 Å². The summed E-state index contributed by atoms with van der Waals surface area (Å²) in [4.78, 5) is 39.1. The Morgan fingerprint density at radius 3 is 2.48 bits per heavy atom. The van der Waals surface area contributed by atoms with Crippen LogP contribution in [0.1, 0.15) is 51.5 Å². The molecule has 0 spiro atoms. The summed E-state index contributed by atoms with van der Waals surface area (Å²) in [6.07, 6.45) is -0.782. The Morgan fingerprint density at radius 1 is 1.15 bits per heavy atom. The Morgan fingerprint density at radius 2 is 1.85 bits per heavy atom. The molecule has 0 aliphatic heterocycles. The summed E-state index contributed by atoms with van der Waals surface area (Å²) in [7, 11) is 0. The molecule has 1 N–H and O–H groups in total. The minimum absolute atomic E-state index is 0.0891. The smallest absolute Gasteiger partial charge is 0.336 e. The number of carbonyl (C=O) groups excluding carboxylic acids is 2. The molecule has 2 heterocycles. The van der Waals surface area contributed by atoms with E-state index in [4.69, 9.17) is 9.15 Å². The van der Waals surface area contributed by atoms with Crippen LogP contribution in [-0.4, -0.2) is 22.7 Å². The van der Waals surface area contributed by atoms with Crippen LogP contribution >= 0.6 is 0 Å². The lowest BCUT2D eigenvalue weighted by Gasteiger charge is -2.14. The molecule has 0 saturated heterocycles. The largest absolute Gasteiger partial charge is 0.482 e. The lowest BCUT2D eigenvalue weighted by Crippen LogP contribution is -2.25. The van der Waals surface area contributed by atoms with Gasteiger partial charge in [-0.25, -0.2) is 4.79 Å². The number of ether oxygens (including phenoxy) is 1. The van der Waals surface area contributed by atoms with Gasteiger partial charge < -0.3 is 14.1 Å². The van der Waals surface area contributed by atoms with Crippen LogP contribution in [0.25, 0.3) is 11.0 Å². The molecular formula is C21H21NO5. The maximum absolute atomic E-state index is 12.8. The molecule has 6 nitrogen and oxygen atoms in total. The highest BCUT2D eigenvalue weighted by Gasteiger charge is 2.24. The molecule has 0 amide bonds. The van der Waals surface area contributed by atoms with Gasteiger partial charge in [0.05, 0.1) is 5.69 Å². The lowest BCUT2D eigenvalue weighted by atomic mass is 10.0. The Kier molecular flexibility index (Phi) is 4.74. The fourth-order valence-corrected chi connectivity index (χ4v) is 3.36. The molecule has 0 radical (unpaired) electrons. The Bertz CT molecular complexity index is 1120. The number of fused-ring (bicyclic) bond motifs is 1. The minimum Gasteiger partial charge on any atom is -0.482 e. The van der Waals surface area contributed by atoms with E-state index in [1.807, 2.05) is 6.92 Å². The number of hydrogen-bond acceptors (Lipinski definition) is 5. The summed E-state index contributed by atoms with van der Waals surface area (Å²) >= 11 is 0. The lowest BCUT2D eigenvalue weighted by molar-refractivity contribution is 0.0812. The molecule has 0 saturated carbocycles. The van der Waals surface area contributed by atoms with Crippen molar-refractivity contribution in [2.24, 2.45) is 0 Å². The highest BCUT2D eigenvalue weighted by atomic mass is 16.5. The van der Waals surface area contributed by atoms with Crippen molar-refractivity contribution in [1.29, 1.82) is 0 Å². The maximum Gasteiger partial charge on any atom is 0.336 e. The molecule has 6 heteroatoms. The van der Waals surface area contributed by atoms with Crippen molar-refractivity contribution in [3.05, 3.63) is 62.8 Å². The van der Waals surface area contributed by atoms with Gasteiger partial charge in [-0.3, -0.25) is 9.59 Å². The number of Topliss-reactive ketones (excluding diaryl/α,β-unsaturated/α-hetero) is 2. The molecule has 1 unspecified atom stereocenters. The normalized spacial score (nSPS) is 12.2. The molecule has 0 fully saturated rings. The van der Waals surface area contributed by atoms with Gasteiger partial charge in [0.15, 0.2) is 11.9 Å². The summed E-state index contributed by atoms with van der Waals surface area (Å²) < 4.78 is 11.0. The average Bonchev–Trinajstić information content (AvgIpc) is 2.88. The van der Waals surface area contributed by atoms with E-state index in [1.165, 1.54) is 13.0 Å². The van der Waals surface area contributed by atoms with E-state index in [1.54, 1.807) is 39.0 Å². The first kappa shape index (κ1) is 18.6. The zero-order valence-corrected chi connectivity index (χ0v) is 15.9. The van der Waals surface area contributed by atoms with Crippen molar-refractivity contribution in [2.75, 3.05) is 0 Å². The van der Waals surface area contributed by atoms with Crippen LogP contribution in [0.2, 0.25) is 0 Å². The SMILES string of the molecule is CC(=O)c1c(C)[nH]c(C(=O)C(C)Oc2ccc3c(C)cc(=O)oc3c2)c1C. The van der Waals surface area contributed by atoms with Gasteiger partial charge in [-0.05, 0) is 57.9 Å². The van der Waals surface area contributed by atoms with Gasteiger partial charge in [-0.2, -0.15) is 0 Å². The molecular weight excluding hydrogens is 346 g/mol. The second-order valence-electron chi connectivity index (χ2n) is 6.71. The molecule has 2 aromatic heterocycles. The van der Waals surface area contributed by atoms with E-state index in [-0.39, 0.29) is 11.6 Å². The quantitative estimate of drug-likeness (QED) is 0.546. The van der Waals surface area contributed by atoms with Gasteiger partial charge in [0.25, 0.3) is 0 Å². The van der Waals surface area contributed by atoms with E-state index >= 15 is 0 Å². The number of hydrogen-bond donors (Lipinski definition) is 1. The topological polar surface area (TPSA) is 89.4 Å². The molecule has 0 aliphatic rings. The first-order valence-corrected chi connectivity index (χ1v) is 8.64. The molecule has 3 rings (SSSR count). The van der Waals surface area contributed by atoms with E-state index in [0.29, 0.717) is 33.8 Å². The van der Waals surface area contributed by atoms with Crippen LogP contribution < -0.4 is 10.4 Å². The van der Waals surface area contributed by atoms with Crippen LogP contribution in [0, 0.1) is 20.8 Å². The second kappa shape index (κ2) is 6.87. The highest BCUT2D eigenvalue weighted by Crippen LogP contribution is 2.25. The third-order valence-electron chi connectivity index (χ3n) is 4.64. The fraction of sp³-hybridized carbons (Fsp3) is 0.286. The number of H-pyrrole nitrogens is 1. The van der Waals surface area contributed by atoms with Crippen LogP contribution in [0.3, 0.4) is 0 Å². The number of rotatable bonds is 5. The zero-order chi connectivity index (χ0) is 19.9. The summed E-state index contributed by atoms with van der Waals surface area (Å²) in [6, 6.07) is 6.55. The number of nitrogens with one attached hydrogen (secondary N) is 1. The van der Waals surface area contributed by atoms with Crippen LogP contribution in [0.15, 0.2) is 33.5 Å². The third kappa shape index (κ3) is 3.43. The van der Waals surface area contributed by atoms with Crippen molar-refractivity contribution >= 4 is 22.5 Å². The van der Waals surface area contributed by atoms with Crippen LogP contribution in [0.5, 0.6) is 5.75 Å². The number of ketones is 2. The van der Waals surface area contributed by atoms with Crippen molar-refractivity contribution in [3.8, 4) is 5.75 Å². The van der Waals surface area contributed by atoms with Gasteiger partial charge in [0.2, 0.25) is 5.78 Å². The van der Waals surface area contributed by atoms with Gasteiger partial charge in [0.1, 0.15) is 11.3 Å². The summed E-state index contributed by atoms with van der Waals surface area (Å²) in [5, 5.41) is 0.808. The maximum atomic E-state index is 12.8. The predicted octanol–water partition coefficient (Wildman–Crippen LogP) is 3.90. The Labute approximate surface area is 156 Å². The molecule has 0 aliphatic carbocycles. The van der Waals surface area contributed by atoms with Gasteiger partial charge in [-0.15, -0.1) is 0 Å². The van der Waals surface area contributed by atoms with Crippen molar-refractivity contribution < 1.29 is 18.7 Å². The first-order chi connectivity index (χ1) is 12.7. The Balaban J connectivity index is 1.89. The van der Waals surface area contributed by atoms with Gasteiger partial charge in [0, 0.05) is 28.8 Å². The number of carbonyl (C=O) groups is 2.